The maximum atomic E-state index is 0. The van der Waals surface area contributed by atoms with Crippen LogP contribution in [0.5, 0.6) is 0 Å². The quantitative estimate of drug-likeness (QED) is 0.292. The average molecular weight is 138 g/mol. The molecule has 7 heteroatoms. The minimum atomic E-state index is 0. The van der Waals surface area contributed by atoms with E-state index in [0.29, 0.717) is 0 Å². The maximum absolute atomic E-state index is 0. The van der Waals surface area contributed by atoms with E-state index in [9.17, 15) is 0 Å². The molecule has 0 unspecified atom stereocenters. The van der Waals surface area contributed by atoms with Crippen LogP contribution < -0.4 is 0 Å². The van der Waals surface area contributed by atoms with Gasteiger partial charge in [0.05, 0.1) is 0 Å². The van der Waals surface area contributed by atoms with E-state index in [0.717, 1.165) is 0 Å². The first-order valence-corrected chi connectivity index (χ1v) is 0. The van der Waals surface area contributed by atoms with Crippen molar-refractivity contribution < 1.29 is 27.4 Å². The van der Waals surface area contributed by atoms with E-state index in [1.165, 1.54) is 0 Å². The van der Waals surface area contributed by atoms with Crippen LogP contribution in [0.4, 0.5) is 0 Å². The van der Waals surface area contributed by atoms with Gasteiger partial charge < -0.3 is 27.4 Å². The molecule has 0 bridgehead atoms. The zero-order valence-corrected chi connectivity index (χ0v) is 2.50. The third-order valence-corrected chi connectivity index (χ3v) is 0. The van der Waals surface area contributed by atoms with E-state index in [2.05, 4.69) is 0 Å². The summed E-state index contributed by atoms with van der Waals surface area (Å²) in [4.78, 5) is 0. The van der Waals surface area contributed by atoms with E-state index < -0.39 is 0 Å². The fourth-order valence-corrected chi connectivity index (χ4v) is 0. The molecule has 7 heavy (non-hydrogen) atoms. The van der Waals surface area contributed by atoms with Crippen molar-refractivity contribution >= 4 is 59.1 Å². The molecule has 10 N–H and O–H groups in total. The van der Waals surface area contributed by atoms with Crippen molar-refractivity contribution in [3.8, 4) is 0 Å². The SMILES string of the molecule is O.O.O.O.O.[NaH].[NaH]. The molecule has 44 valence electrons. The molecule has 0 spiro atoms. The summed E-state index contributed by atoms with van der Waals surface area (Å²) in [7, 11) is 0. The number of hydrogen-bond donors (Lipinski definition) is 0. The van der Waals surface area contributed by atoms with E-state index >= 15 is 0 Å². The van der Waals surface area contributed by atoms with E-state index in [4.69, 9.17) is 0 Å². The van der Waals surface area contributed by atoms with Gasteiger partial charge in [-0.1, -0.05) is 0 Å². The minimum absolute atomic E-state index is 0. The third kappa shape index (κ3) is 81.0. The summed E-state index contributed by atoms with van der Waals surface area (Å²) in [6.45, 7) is 0. The summed E-state index contributed by atoms with van der Waals surface area (Å²) < 4.78 is 0. The van der Waals surface area contributed by atoms with Gasteiger partial charge in [-0.15, -0.1) is 0 Å². The predicted octanol–water partition coefficient (Wildman–Crippen LogP) is -5.42. The fourth-order valence-electron chi connectivity index (χ4n) is 0. The van der Waals surface area contributed by atoms with Gasteiger partial charge >= 0.3 is 59.1 Å². The van der Waals surface area contributed by atoms with Crippen LogP contribution in [0.2, 0.25) is 0 Å². The summed E-state index contributed by atoms with van der Waals surface area (Å²) >= 11 is 0. The summed E-state index contributed by atoms with van der Waals surface area (Å²) in [5.41, 5.74) is 0. The first-order valence-electron chi connectivity index (χ1n) is 0. The molecule has 0 aliphatic carbocycles. The van der Waals surface area contributed by atoms with Crippen molar-refractivity contribution in [3.63, 3.8) is 0 Å². The molecule has 0 aromatic carbocycles. The predicted molar refractivity (Wildman–Crippen MR) is 32.4 cm³/mol. The molecule has 5 nitrogen and oxygen atoms in total. The van der Waals surface area contributed by atoms with Gasteiger partial charge in [0.2, 0.25) is 0 Å². The average Bonchev–Trinajstić information content (AvgIpc) is 0. The summed E-state index contributed by atoms with van der Waals surface area (Å²) in [5.74, 6) is 0. The zero-order valence-electron chi connectivity index (χ0n) is 2.50. The first-order chi connectivity index (χ1) is 0. The second-order valence-corrected chi connectivity index (χ2v) is 0. The van der Waals surface area contributed by atoms with Crippen LogP contribution in [-0.2, 0) is 0 Å². The fraction of sp³-hybridized carbons (Fsp3) is 0. The van der Waals surface area contributed by atoms with Crippen LogP contribution >= 0.6 is 0 Å². The van der Waals surface area contributed by atoms with Crippen molar-refractivity contribution in [3.05, 3.63) is 0 Å². The molecule has 0 saturated carbocycles. The van der Waals surface area contributed by atoms with Gasteiger partial charge in [-0.25, -0.2) is 0 Å². The van der Waals surface area contributed by atoms with Crippen LogP contribution in [0.25, 0.3) is 0 Å². The number of hydrogen-bond acceptors (Lipinski definition) is 0. The molecule has 0 aromatic rings. The molecule has 0 saturated heterocycles. The summed E-state index contributed by atoms with van der Waals surface area (Å²) in [6.07, 6.45) is 0. The summed E-state index contributed by atoms with van der Waals surface area (Å²) in [6, 6.07) is 0. The Hall–Kier alpha value is 1.80. The van der Waals surface area contributed by atoms with Gasteiger partial charge in [0.15, 0.2) is 0 Å². The van der Waals surface area contributed by atoms with Gasteiger partial charge in [0.1, 0.15) is 0 Å². The molecule has 0 heterocycles. The molecule has 0 radical (unpaired) electrons. The normalized spacial score (nSPS) is 0. The Labute approximate surface area is 85.6 Å². The van der Waals surface area contributed by atoms with E-state index in [1.54, 1.807) is 0 Å². The molecule has 0 rings (SSSR count). The van der Waals surface area contributed by atoms with E-state index in [1.807, 2.05) is 0 Å². The molecular weight excluding hydrogens is 126 g/mol. The Morgan fingerprint density at radius 2 is 0.286 bits per heavy atom. The Balaban J connectivity index is 0. The molecule has 0 aliphatic heterocycles. The second kappa shape index (κ2) is 111. The second-order valence-electron chi connectivity index (χ2n) is 0. The molecule has 0 atom stereocenters. The standard InChI is InChI=1S/2Na.5H2O.2H/h;;5*1H2;;. The first kappa shape index (κ1) is 165. The molecule has 0 amide bonds. The van der Waals surface area contributed by atoms with Gasteiger partial charge in [-0.3, -0.25) is 0 Å². The van der Waals surface area contributed by atoms with Crippen LogP contribution in [0.15, 0.2) is 0 Å². The molecule has 0 aromatic heterocycles. The summed E-state index contributed by atoms with van der Waals surface area (Å²) in [5, 5.41) is 0. The van der Waals surface area contributed by atoms with Gasteiger partial charge in [-0.05, 0) is 0 Å². The van der Waals surface area contributed by atoms with Gasteiger partial charge in [-0.2, -0.15) is 0 Å². The van der Waals surface area contributed by atoms with Crippen LogP contribution in [-0.4, -0.2) is 86.5 Å². The Kier molecular flexibility index (Phi) is 2630. The molecular formula is H12Na2O5. The van der Waals surface area contributed by atoms with Crippen molar-refractivity contribution in [1.29, 1.82) is 0 Å². The third-order valence-electron chi connectivity index (χ3n) is 0. The van der Waals surface area contributed by atoms with Crippen molar-refractivity contribution in [2.75, 3.05) is 0 Å². The van der Waals surface area contributed by atoms with E-state index in [-0.39, 0.29) is 86.5 Å². The van der Waals surface area contributed by atoms with Gasteiger partial charge in [0, 0.05) is 0 Å². The molecule has 0 fully saturated rings. The Bertz CT molecular complexity index is 6.04. The van der Waals surface area contributed by atoms with Crippen molar-refractivity contribution in [2.24, 2.45) is 0 Å². The zero-order chi connectivity index (χ0) is 0. The van der Waals surface area contributed by atoms with Crippen LogP contribution in [0.1, 0.15) is 0 Å². The van der Waals surface area contributed by atoms with Gasteiger partial charge in [0.25, 0.3) is 0 Å². The topological polar surface area (TPSA) is 158 Å². The van der Waals surface area contributed by atoms with Crippen molar-refractivity contribution in [2.45, 2.75) is 0 Å². The monoisotopic (exact) mass is 138 g/mol. The van der Waals surface area contributed by atoms with Crippen LogP contribution in [0.3, 0.4) is 0 Å². The Morgan fingerprint density at radius 1 is 0.286 bits per heavy atom. The van der Waals surface area contributed by atoms with Crippen LogP contribution in [0, 0.1) is 0 Å². The molecule has 0 aliphatic rings. The Morgan fingerprint density at radius 3 is 0.286 bits per heavy atom. The number of rotatable bonds is 0. The van der Waals surface area contributed by atoms with Crippen molar-refractivity contribution in [1.82, 2.24) is 0 Å².